The normalized spacial score (nSPS) is 20.1. The second-order valence-electron chi connectivity index (χ2n) is 5.66. The van der Waals surface area contributed by atoms with Crippen LogP contribution in [-0.2, 0) is 11.3 Å². The van der Waals surface area contributed by atoms with Crippen molar-refractivity contribution < 1.29 is 9.90 Å². The molecule has 1 aliphatic heterocycles. The summed E-state index contributed by atoms with van der Waals surface area (Å²) in [6.07, 6.45) is 0.247. The molecule has 1 fully saturated rings. The van der Waals surface area contributed by atoms with Crippen LogP contribution in [0, 0.1) is 20.8 Å². The summed E-state index contributed by atoms with van der Waals surface area (Å²) < 4.78 is 0. The van der Waals surface area contributed by atoms with Crippen molar-refractivity contribution in [2.75, 3.05) is 18.1 Å². The number of carbonyl (C=O) groups is 1. The summed E-state index contributed by atoms with van der Waals surface area (Å²) in [5.41, 5.74) is 5.27. The van der Waals surface area contributed by atoms with Gasteiger partial charge in [-0.05, 0) is 43.0 Å². The molecule has 0 spiro atoms. The van der Waals surface area contributed by atoms with Crippen molar-refractivity contribution in [3.63, 3.8) is 0 Å². The maximum atomic E-state index is 11.0. The third-order valence-electron chi connectivity index (χ3n) is 4.09. The van der Waals surface area contributed by atoms with Gasteiger partial charge in [0, 0.05) is 30.6 Å². The van der Waals surface area contributed by atoms with E-state index in [4.69, 9.17) is 5.11 Å². The van der Waals surface area contributed by atoms with E-state index in [2.05, 4.69) is 37.8 Å². The fourth-order valence-corrected chi connectivity index (χ4v) is 3.83. The molecule has 0 bridgehead atoms. The van der Waals surface area contributed by atoms with Crippen LogP contribution in [0.15, 0.2) is 12.1 Å². The van der Waals surface area contributed by atoms with Gasteiger partial charge in [0.15, 0.2) is 0 Å². The van der Waals surface area contributed by atoms with Gasteiger partial charge in [-0.25, -0.2) is 0 Å². The summed E-state index contributed by atoms with van der Waals surface area (Å²) in [5, 5.41) is 9.05. The van der Waals surface area contributed by atoms with Crippen molar-refractivity contribution >= 4 is 17.7 Å². The Hall–Kier alpha value is -1.00. The molecule has 1 aromatic rings. The van der Waals surface area contributed by atoms with Gasteiger partial charge in [0.2, 0.25) is 0 Å². The van der Waals surface area contributed by atoms with Crippen LogP contribution in [-0.4, -0.2) is 40.1 Å². The number of hydrogen-bond acceptors (Lipinski definition) is 3. The molecule has 3 nitrogen and oxygen atoms in total. The molecule has 1 aromatic carbocycles. The standard InChI is InChI=1S/C16H23NO2S/c1-11-6-13(3)14(7-12(11)2)9-17-4-5-20-10-15(17)8-16(18)19/h6-7,15H,4-5,8-10H2,1-3H3,(H,18,19). The first kappa shape index (κ1) is 15.4. The average molecular weight is 293 g/mol. The van der Waals surface area contributed by atoms with E-state index in [9.17, 15) is 4.79 Å². The maximum absolute atomic E-state index is 11.0. The lowest BCUT2D eigenvalue weighted by Gasteiger charge is -2.35. The maximum Gasteiger partial charge on any atom is 0.304 e. The first-order valence-electron chi connectivity index (χ1n) is 7.07. The lowest BCUT2D eigenvalue weighted by molar-refractivity contribution is -0.138. The molecule has 1 unspecified atom stereocenters. The van der Waals surface area contributed by atoms with Gasteiger partial charge in [0.05, 0.1) is 6.42 Å². The van der Waals surface area contributed by atoms with Crippen molar-refractivity contribution in [2.24, 2.45) is 0 Å². The number of thioether (sulfide) groups is 1. The first-order valence-corrected chi connectivity index (χ1v) is 8.23. The second-order valence-corrected chi connectivity index (χ2v) is 6.81. The number of hydrogen-bond donors (Lipinski definition) is 1. The Bertz CT molecular complexity index is 501. The number of rotatable bonds is 4. The highest BCUT2D eigenvalue weighted by molar-refractivity contribution is 7.99. The van der Waals surface area contributed by atoms with Crippen molar-refractivity contribution in [3.8, 4) is 0 Å². The minimum atomic E-state index is -0.695. The largest absolute Gasteiger partial charge is 0.481 e. The number of carboxylic acid groups (broad SMARTS) is 1. The van der Waals surface area contributed by atoms with Crippen molar-refractivity contribution in [3.05, 3.63) is 34.4 Å². The zero-order valence-electron chi connectivity index (χ0n) is 12.5. The predicted molar refractivity (Wildman–Crippen MR) is 84.4 cm³/mol. The van der Waals surface area contributed by atoms with E-state index in [0.717, 1.165) is 24.6 Å². The molecule has 1 atom stereocenters. The summed E-state index contributed by atoms with van der Waals surface area (Å²) in [6.45, 7) is 8.27. The lowest BCUT2D eigenvalue weighted by Crippen LogP contribution is -2.43. The van der Waals surface area contributed by atoms with Crippen LogP contribution in [0.1, 0.15) is 28.7 Å². The van der Waals surface area contributed by atoms with Gasteiger partial charge in [-0.1, -0.05) is 12.1 Å². The zero-order chi connectivity index (χ0) is 14.7. The van der Waals surface area contributed by atoms with E-state index >= 15 is 0 Å². The van der Waals surface area contributed by atoms with E-state index in [1.54, 1.807) is 0 Å². The lowest BCUT2D eigenvalue weighted by atomic mass is 10.00. The zero-order valence-corrected chi connectivity index (χ0v) is 13.3. The molecule has 1 heterocycles. The summed E-state index contributed by atoms with van der Waals surface area (Å²) in [7, 11) is 0. The molecule has 1 N–H and O–H groups in total. The molecule has 1 saturated heterocycles. The average Bonchev–Trinajstić information content (AvgIpc) is 2.37. The van der Waals surface area contributed by atoms with Crippen molar-refractivity contribution in [2.45, 2.75) is 39.8 Å². The molecular weight excluding hydrogens is 270 g/mol. The first-order chi connectivity index (χ1) is 9.47. The Kier molecular flexibility index (Phi) is 5.11. The Balaban J connectivity index is 2.14. The topological polar surface area (TPSA) is 40.5 Å². The number of nitrogens with zero attached hydrogens (tertiary/aromatic N) is 1. The number of aliphatic carboxylic acids is 1. The molecule has 0 aliphatic carbocycles. The minimum absolute atomic E-state index is 0.159. The van der Waals surface area contributed by atoms with E-state index in [0.29, 0.717) is 0 Å². The third kappa shape index (κ3) is 3.76. The summed E-state index contributed by atoms with van der Waals surface area (Å²) >= 11 is 1.86. The van der Waals surface area contributed by atoms with Crippen LogP contribution in [0.2, 0.25) is 0 Å². The fraction of sp³-hybridized carbons (Fsp3) is 0.562. The highest BCUT2D eigenvalue weighted by Crippen LogP contribution is 2.23. The van der Waals surface area contributed by atoms with Gasteiger partial charge in [-0.3, -0.25) is 9.69 Å². The van der Waals surface area contributed by atoms with Gasteiger partial charge in [-0.15, -0.1) is 0 Å². The van der Waals surface area contributed by atoms with E-state index in [1.807, 2.05) is 11.8 Å². The molecule has 0 amide bonds. The fourth-order valence-electron chi connectivity index (χ4n) is 2.70. The second kappa shape index (κ2) is 6.64. The molecule has 1 aliphatic rings. The molecule has 110 valence electrons. The van der Waals surface area contributed by atoms with Crippen LogP contribution in [0.5, 0.6) is 0 Å². The van der Waals surface area contributed by atoms with E-state index in [1.165, 1.54) is 22.3 Å². The van der Waals surface area contributed by atoms with Crippen molar-refractivity contribution in [1.82, 2.24) is 4.90 Å². The number of carboxylic acids is 1. The van der Waals surface area contributed by atoms with Gasteiger partial charge in [0.25, 0.3) is 0 Å². The van der Waals surface area contributed by atoms with Crippen LogP contribution < -0.4 is 0 Å². The molecule has 0 saturated carbocycles. The SMILES string of the molecule is Cc1cc(C)c(CN2CCSCC2CC(=O)O)cc1C. The van der Waals surface area contributed by atoms with Crippen molar-refractivity contribution in [1.29, 1.82) is 0 Å². The van der Waals surface area contributed by atoms with E-state index in [-0.39, 0.29) is 12.5 Å². The Morgan fingerprint density at radius 3 is 2.70 bits per heavy atom. The highest BCUT2D eigenvalue weighted by atomic mass is 32.2. The third-order valence-corrected chi connectivity index (χ3v) is 5.18. The van der Waals surface area contributed by atoms with Gasteiger partial charge in [-0.2, -0.15) is 11.8 Å². The highest BCUT2D eigenvalue weighted by Gasteiger charge is 2.25. The van der Waals surface area contributed by atoms with Gasteiger partial charge < -0.3 is 5.11 Å². The Morgan fingerprint density at radius 1 is 1.30 bits per heavy atom. The summed E-state index contributed by atoms with van der Waals surface area (Å²) in [5.74, 6) is 1.33. The minimum Gasteiger partial charge on any atom is -0.481 e. The number of benzene rings is 1. The van der Waals surface area contributed by atoms with Crippen LogP contribution in [0.4, 0.5) is 0 Å². The Labute approximate surface area is 125 Å². The summed E-state index contributed by atoms with van der Waals surface area (Å²) in [4.78, 5) is 13.3. The van der Waals surface area contributed by atoms with Gasteiger partial charge >= 0.3 is 5.97 Å². The monoisotopic (exact) mass is 293 g/mol. The van der Waals surface area contributed by atoms with E-state index < -0.39 is 5.97 Å². The molecular formula is C16H23NO2S. The predicted octanol–water partition coefficient (Wildman–Crippen LogP) is 3.00. The van der Waals surface area contributed by atoms with Crippen LogP contribution in [0.25, 0.3) is 0 Å². The quantitative estimate of drug-likeness (QED) is 0.926. The Morgan fingerprint density at radius 2 is 2.00 bits per heavy atom. The van der Waals surface area contributed by atoms with Crippen LogP contribution in [0.3, 0.4) is 0 Å². The smallest absolute Gasteiger partial charge is 0.304 e. The van der Waals surface area contributed by atoms with Crippen LogP contribution >= 0.6 is 11.8 Å². The van der Waals surface area contributed by atoms with Gasteiger partial charge in [0.1, 0.15) is 0 Å². The molecule has 0 aromatic heterocycles. The summed E-state index contributed by atoms with van der Waals surface area (Å²) in [6, 6.07) is 4.65. The molecule has 20 heavy (non-hydrogen) atoms. The molecule has 4 heteroatoms. The molecule has 2 rings (SSSR count). The number of aryl methyl sites for hydroxylation is 3. The molecule has 0 radical (unpaired) electrons.